The van der Waals surface area contributed by atoms with Crippen LogP contribution in [0, 0.1) is 0 Å². The highest BCUT2D eigenvalue weighted by Crippen LogP contribution is 2.52. The van der Waals surface area contributed by atoms with Crippen LogP contribution in [0.1, 0.15) is 0 Å². The van der Waals surface area contributed by atoms with Crippen LogP contribution in [0.3, 0.4) is 0 Å². The van der Waals surface area contributed by atoms with Crippen LogP contribution in [0.5, 0.6) is 0 Å². The number of rotatable bonds is 4. The van der Waals surface area contributed by atoms with Crippen molar-refractivity contribution >= 4 is 66.3 Å². The molecule has 55 heavy (non-hydrogen) atoms. The summed E-state index contributed by atoms with van der Waals surface area (Å²) in [7, 11) is 0. The summed E-state index contributed by atoms with van der Waals surface area (Å²) in [5, 5.41) is 6.89. The molecule has 0 unspecified atom stereocenters. The first kappa shape index (κ1) is 30.4. The molecular formula is C49H28N4OS. The highest BCUT2D eigenvalue weighted by molar-refractivity contribution is 7.99. The summed E-state index contributed by atoms with van der Waals surface area (Å²) in [6.45, 7) is 0. The summed E-state index contributed by atoms with van der Waals surface area (Å²) in [5.41, 5.74) is 10.6. The van der Waals surface area contributed by atoms with Crippen molar-refractivity contribution in [1.82, 2.24) is 19.5 Å². The van der Waals surface area contributed by atoms with Gasteiger partial charge >= 0.3 is 0 Å². The molecule has 0 saturated carbocycles. The van der Waals surface area contributed by atoms with Gasteiger partial charge < -0.3 is 4.42 Å². The molecule has 1 aliphatic heterocycles. The van der Waals surface area contributed by atoms with Crippen molar-refractivity contribution in [3.8, 4) is 51.0 Å². The molecule has 0 spiro atoms. The topological polar surface area (TPSA) is 56.7 Å². The zero-order valence-electron chi connectivity index (χ0n) is 29.3. The average Bonchev–Trinajstić information content (AvgIpc) is 3.79. The predicted molar refractivity (Wildman–Crippen MR) is 225 cm³/mol. The van der Waals surface area contributed by atoms with Gasteiger partial charge in [0.1, 0.15) is 11.2 Å². The van der Waals surface area contributed by atoms with Crippen molar-refractivity contribution in [2.45, 2.75) is 9.79 Å². The van der Waals surface area contributed by atoms with Crippen LogP contribution in [0.25, 0.3) is 105 Å². The van der Waals surface area contributed by atoms with E-state index in [1.165, 1.54) is 31.9 Å². The first-order valence-electron chi connectivity index (χ1n) is 18.4. The Morgan fingerprint density at radius 1 is 0.418 bits per heavy atom. The fraction of sp³-hybridized carbons (Fsp3) is 0. The molecule has 256 valence electrons. The Hall–Kier alpha value is -7.02. The van der Waals surface area contributed by atoms with Crippen molar-refractivity contribution in [2.75, 3.05) is 0 Å². The number of benzene rings is 8. The number of nitrogens with zero attached hydrogens (tertiary/aromatic N) is 4. The largest absolute Gasteiger partial charge is 0.456 e. The van der Waals surface area contributed by atoms with Crippen LogP contribution < -0.4 is 0 Å². The van der Waals surface area contributed by atoms with Crippen LogP contribution in [-0.2, 0) is 0 Å². The van der Waals surface area contributed by atoms with E-state index in [4.69, 9.17) is 19.4 Å². The maximum absolute atomic E-state index is 6.19. The van der Waals surface area contributed by atoms with Crippen LogP contribution in [0.4, 0.5) is 0 Å². The van der Waals surface area contributed by atoms with Gasteiger partial charge in [0.25, 0.3) is 0 Å². The van der Waals surface area contributed by atoms with Gasteiger partial charge in [0, 0.05) is 53.4 Å². The van der Waals surface area contributed by atoms with Crippen molar-refractivity contribution in [3.05, 3.63) is 170 Å². The van der Waals surface area contributed by atoms with Gasteiger partial charge in [-0.3, -0.25) is 4.57 Å². The molecule has 3 aromatic heterocycles. The second-order valence-electron chi connectivity index (χ2n) is 13.9. The van der Waals surface area contributed by atoms with Crippen molar-refractivity contribution in [1.29, 1.82) is 0 Å². The minimum atomic E-state index is 0.589. The quantitative estimate of drug-likeness (QED) is 0.181. The highest BCUT2D eigenvalue weighted by atomic mass is 32.2. The molecule has 1 aliphatic rings. The maximum atomic E-state index is 6.19. The Bertz CT molecular complexity index is 3310. The Morgan fingerprint density at radius 2 is 1.09 bits per heavy atom. The fourth-order valence-corrected chi connectivity index (χ4v) is 9.61. The monoisotopic (exact) mass is 720 g/mol. The zero-order valence-corrected chi connectivity index (χ0v) is 30.1. The van der Waals surface area contributed by atoms with E-state index in [-0.39, 0.29) is 0 Å². The van der Waals surface area contributed by atoms with E-state index in [9.17, 15) is 0 Å². The van der Waals surface area contributed by atoms with E-state index in [0.29, 0.717) is 17.6 Å². The Kier molecular flexibility index (Phi) is 6.50. The highest BCUT2D eigenvalue weighted by Gasteiger charge is 2.25. The first-order valence-corrected chi connectivity index (χ1v) is 19.2. The molecule has 0 N–H and O–H groups in total. The van der Waals surface area contributed by atoms with Gasteiger partial charge in [-0.05, 0) is 70.6 Å². The molecule has 0 amide bonds. The smallest absolute Gasteiger partial charge is 0.238 e. The third kappa shape index (κ3) is 4.59. The lowest BCUT2D eigenvalue weighted by Crippen LogP contribution is -2.06. The summed E-state index contributed by atoms with van der Waals surface area (Å²) in [6, 6.07) is 59.7. The van der Waals surface area contributed by atoms with Gasteiger partial charge in [-0.15, -0.1) is 0 Å². The third-order valence-corrected chi connectivity index (χ3v) is 12.0. The normalized spacial score (nSPS) is 12.3. The van der Waals surface area contributed by atoms with Crippen LogP contribution in [-0.4, -0.2) is 19.5 Å². The molecule has 12 rings (SSSR count). The molecule has 0 fully saturated rings. The molecule has 0 radical (unpaired) electrons. The van der Waals surface area contributed by atoms with Gasteiger partial charge in [0.05, 0.1) is 11.0 Å². The van der Waals surface area contributed by atoms with E-state index in [1.54, 1.807) is 0 Å². The van der Waals surface area contributed by atoms with Crippen LogP contribution in [0.2, 0.25) is 0 Å². The summed E-state index contributed by atoms with van der Waals surface area (Å²) in [5.74, 6) is 1.86. The number of hydrogen-bond acceptors (Lipinski definition) is 5. The molecule has 0 saturated heterocycles. The second-order valence-corrected chi connectivity index (χ2v) is 15.0. The average molecular weight is 721 g/mol. The molecule has 8 aromatic carbocycles. The summed E-state index contributed by atoms with van der Waals surface area (Å²) >= 11 is 1.82. The van der Waals surface area contributed by atoms with Gasteiger partial charge in [0.2, 0.25) is 5.95 Å². The molecule has 0 atom stereocenters. The van der Waals surface area contributed by atoms with E-state index < -0.39 is 0 Å². The van der Waals surface area contributed by atoms with Gasteiger partial charge in [0.15, 0.2) is 11.6 Å². The molecule has 6 heteroatoms. The Balaban J connectivity index is 1.09. The zero-order chi connectivity index (χ0) is 36.0. The van der Waals surface area contributed by atoms with Gasteiger partial charge in [-0.2, -0.15) is 9.97 Å². The fourth-order valence-electron chi connectivity index (χ4n) is 8.45. The molecule has 0 bridgehead atoms. The van der Waals surface area contributed by atoms with Crippen LogP contribution in [0.15, 0.2) is 184 Å². The SMILES string of the molecule is c1ccc(-c2nc(-c3ccc4c5c(cccc35)-c3c(cccc3-c3ccc5oc6ccccc6c5c3)S4)nc(-n3c4ccccc4c4ccccc43)n2)cc1. The van der Waals surface area contributed by atoms with Crippen molar-refractivity contribution in [2.24, 2.45) is 0 Å². The number of hydrogen-bond donors (Lipinski definition) is 0. The lowest BCUT2D eigenvalue weighted by atomic mass is 9.89. The van der Waals surface area contributed by atoms with Crippen molar-refractivity contribution < 1.29 is 4.42 Å². The van der Waals surface area contributed by atoms with Crippen molar-refractivity contribution in [3.63, 3.8) is 0 Å². The van der Waals surface area contributed by atoms with E-state index in [1.807, 2.05) is 42.1 Å². The molecular weight excluding hydrogens is 693 g/mol. The Labute approximate surface area is 319 Å². The molecule has 4 heterocycles. The van der Waals surface area contributed by atoms with Crippen LogP contribution >= 0.6 is 11.8 Å². The predicted octanol–water partition coefficient (Wildman–Crippen LogP) is 13.2. The second kappa shape index (κ2) is 11.7. The van der Waals surface area contributed by atoms with Gasteiger partial charge in [-0.1, -0.05) is 133 Å². The lowest BCUT2D eigenvalue weighted by Gasteiger charge is -2.24. The number of para-hydroxylation sites is 3. The molecule has 5 nitrogen and oxygen atoms in total. The Morgan fingerprint density at radius 3 is 1.93 bits per heavy atom. The summed E-state index contributed by atoms with van der Waals surface area (Å²) in [4.78, 5) is 18.1. The maximum Gasteiger partial charge on any atom is 0.238 e. The number of furan rings is 1. The van der Waals surface area contributed by atoms with E-state index in [0.717, 1.165) is 65.8 Å². The minimum Gasteiger partial charge on any atom is -0.456 e. The standard InChI is InChI=1S/C49H28N4OS/c1-2-12-29(13-3-1)47-50-48(52-49(51-47)53-39-20-7-4-14-32(39)33-15-5-8-21-40(33)53)36-25-27-44-46-35(36)18-10-19-37(46)45-31(17-11-23-43(45)55-44)30-24-26-42-38(28-30)34-16-6-9-22-41(34)54-42/h1-28H. The number of fused-ring (bicyclic) bond motifs is 8. The molecule has 0 aliphatic carbocycles. The van der Waals surface area contributed by atoms with Gasteiger partial charge in [-0.25, -0.2) is 4.98 Å². The third-order valence-electron chi connectivity index (χ3n) is 10.9. The number of aromatic nitrogens is 4. The molecule has 11 aromatic rings. The first-order chi connectivity index (χ1) is 27.3. The summed E-state index contributed by atoms with van der Waals surface area (Å²) in [6.07, 6.45) is 0. The van der Waals surface area contributed by atoms with E-state index >= 15 is 0 Å². The lowest BCUT2D eigenvalue weighted by molar-refractivity contribution is 0.669. The minimum absolute atomic E-state index is 0.589. The van der Waals surface area contributed by atoms with E-state index in [2.05, 4.69) is 144 Å². The summed E-state index contributed by atoms with van der Waals surface area (Å²) < 4.78 is 8.37.